The average molecular weight is 332 g/mol. The van der Waals surface area contributed by atoms with Crippen LogP contribution in [0.5, 0.6) is 0 Å². The number of hydrogen-bond acceptors (Lipinski definition) is 5. The molecule has 0 amide bonds. The lowest BCUT2D eigenvalue weighted by atomic mass is 10.3. The molecule has 0 bridgehead atoms. The monoisotopic (exact) mass is 332 g/mol. The van der Waals surface area contributed by atoms with Gasteiger partial charge in [0.25, 0.3) is 0 Å². The summed E-state index contributed by atoms with van der Waals surface area (Å²) in [6.45, 7) is 5.02. The summed E-state index contributed by atoms with van der Waals surface area (Å²) >= 11 is 1.55. The van der Waals surface area contributed by atoms with Crippen molar-refractivity contribution >= 4 is 21.4 Å². The van der Waals surface area contributed by atoms with E-state index in [0.717, 1.165) is 16.3 Å². The number of hydrogen-bond donors (Lipinski definition) is 2. The summed E-state index contributed by atoms with van der Waals surface area (Å²) in [4.78, 5) is 2.32. The fourth-order valence-electron chi connectivity index (χ4n) is 2.09. The predicted molar refractivity (Wildman–Crippen MR) is 85.2 cm³/mol. The van der Waals surface area contributed by atoms with Crippen LogP contribution in [0.3, 0.4) is 0 Å². The standard InChI is InChI=1S/C14H24N2O3S2/c1-10(6-7-19-3)16-21(17,18)14-8-13(20-11(14)2)9-15-12-4-5-12/h8,10,12,15-16H,4-7,9H2,1-3H3. The Balaban J connectivity index is 2.00. The zero-order valence-corrected chi connectivity index (χ0v) is 14.4. The van der Waals surface area contributed by atoms with Crippen molar-refractivity contribution in [1.29, 1.82) is 0 Å². The third-order valence-corrected chi connectivity index (χ3v) is 6.36. The molecule has 0 spiro atoms. The van der Waals surface area contributed by atoms with E-state index in [2.05, 4.69) is 10.0 Å². The minimum atomic E-state index is -3.45. The summed E-state index contributed by atoms with van der Waals surface area (Å²) in [5.41, 5.74) is 0. The van der Waals surface area contributed by atoms with Gasteiger partial charge in [0, 0.05) is 42.1 Å². The second kappa shape index (κ2) is 7.19. The second-order valence-electron chi connectivity index (χ2n) is 5.59. The maximum absolute atomic E-state index is 12.4. The van der Waals surface area contributed by atoms with Crippen molar-refractivity contribution in [2.45, 2.75) is 56.6 Å². The molecule has 1 fully saturated rings. The SMILES string of the molecule is COCCC(C)NS(=O)(=O)c1cc(CNC2CC2)sc1C. The molecule has 120 valence electrons. The molecule has 2 N–H and O–H groups in total. The zero-order valence-electron chi connectivity index (χ0n) is 12.8. The average Bonchev–Trinajstić information content (AvgIpc) is 3.15. The van der Waals surface area contributed by atoms with Crippen molar-refractivity contribution in [1.82, 2.24) is 10.0 Å². The van der Waals surface area contributed by atoms with Gasteiger partial charge in [-0.3, -0.25) is 0 Å². The fraction of sp³-hybridized carbons (Fsp3) is 0.714. The maximum atomic E-state index is 12.4. The van der Waals surface area contributed by atoms with Crippen molar-refractivity contribution in [3.8, 4) is 0 Å². The molecule has 0 aromatic carbocycles. The van der Waals surface area contributed by atoms with Gasteiger partial charge >= 0.3 is 0 Å². The van der Waals surface area contributed by atoms with E-state index in [4.69, 9.17) is 4.74 Å². The van der Waals surface area contributed by atoms with Crippen molar-refractivity contribution in [3.63, 3.8) is 0 Å². The molecule has 1 aliphatic rings. The van der Waals surface area contributed by atoms with Gasteiger partial charge < -0.3 is 10.1 Å². The van der Waals surface area contributed by atoms with Gasteiger partial charge in [-0.05, 0) is 39.2 Å². The van der Waals surface area contributed by atoms with Crippen LogP contribution in [-0.4, -0.2) is 34.2 Å². The van der Waals surface area contributed by atoms with E-state index in [1.54, 1.807) is 24.5 Å². The van der Waals surface area contributed by atoms with Gasteiger partial charge in [0.1, 0.15) is 0 Å². The van der Waals surface area contributed by atoms with Gasteiger partial charge in [-0.15, -0.1) is 11.3 Å². The molecular weight excluding hydrogens is 308 g/mol. The summed E-state index contributed by atoms with van der Waals surface area (Å²) in [7, 11) is -1.83. The van der Waals surface area contributed by atoms with Crippen molar-refractivity contribution in [3.05, 3.63) is 15.8 Å². The lowest BCUT2D eigenvalue weighted by molar-refractivity contribution is 0.188. The van der Waals surface area contributed by atoms with Gasteiger partial charge in [0.2, 0.25) is 10.0 Å². The van der Waals surface area contributed by atoms with Crippen LogP contribution < -0.4 is 10.0 Å². The first-order chi connectivity index (χ1) is 9.92. The highest BCUT2D eigenvalue weighted by molar-refractivity contribution is 7.89. The minimum absolute atomic E-state index is 0.137. The number of methoxy groups -OCH3 is 1. The Hall–Kier alpha value is -0.470. The van der Waals surface area contributed by atoms with E-state index >= 15 is 0 Å². The molecular formula is C14H24N2O3S2. The van der Waals surface area contributed by atoms with E-state index < -0.39 is 10.0 Å². The fourth-order valence-corrected chi connectivity index (χ4v) is 4.96. The lowest BCUT2D eigenvalue weighted by Gasteiger charge is -2.13. The first-order valence-corrected chi connectivity index (χ1v) is 9.56. The van der Waals surface area contributed by atoms with Gasteiger partial charge in [-0.25, -0.2) is 13.1 Å². The van der Waals surface area contributed by atoms with Gasteiger partial charge in [0.05, 0.1) is 4.90 Å². The van der Waals surface area contributed by atoms with Crippen LogP contribution in [0.1, 0.15) is 35.9 Å². The molecule has 0 saturated heterocycles. The van der Waals surface area contributed by atoms with E-state index in [1.165, 1.54) is 12.8 Å². The Kier molecular flexibility index (Phi) is 5.79. The van der Waals surface area contributed by atoms with Crippen LogP contribution in [-0.2, 0) is 21.3 Å². The second-order valence-corrected chi connectivity index (χ2v) is 8.62. The number of ether oxygens (including phenoxy) is 1. The maximum Gasteiger partial charge on any atom is 0.241 e. The van der Waals surface area contributed by atoms with Gasteiger partial charge in [-0.1, -0.05) is 0 Å². The summed E-state index contributed by atoms with van der Waals surface area (Å²) in [5.74, 6) is 0. The number of aryl methyl sites for hydroxylation is 1. The number of thiophene rings is 1. The largest absolute Gasteiger partial charge is 0.385 e. The zero-order chi connectivity index (χ0) is 15.5. The Morgan fingerprint density at radius 2 is 2.19 bits per heavy atom. The topological polar surface area (TPSA) is 67.4 Å². The van der Waals surface area contributed by atoms with Crippen molar-refractivity contribution < 1.29 is 13.2 Å². The van der Waals surface area contributed by atoms with Crippen LogP contribution in [0.4, 0.5) is 0 Å². The molecule has 1 aromatic heterocycles. The van der Waals surface area contributed by atoms with Crippen molar-refractivity contribution in [2.24, 2.45) is 0 Å². The summed E-state index contributed by atoms with van der Waals surface area (Å²) in [6, 6.07) is 2.28. The first-order valence-electron chi connectivity index (χ1n) is 7.26. The quantitative estimate of drug-likeness (QED) is 0.726. The van der Waals surface area contributed by atoms with Crippen LogP contribution in [0.15, 0.2) is 11.0 Å². The Labute approximate surface area is 131 Å². The molecule has 1 saturated carbocycles. The number of sulfonamides is 1. The van der Waals surface area contributed by atoms with E-state index in [-0.39, 0.29) is 6.04 Å². The first kappa shape index (κ1) is 16.9. The highest BCUT2D eigenvalue weighted by Gasteiger charge is 2.24. The Morgan fingerprint density at radius 3 is 2.81 bits per heavy atom. The van der Waals surface area contributed by atoms with Crippen LogP contribution in [0.25, 0.3) is 0 Å². The summed E-state index contributed by atoms with van der Waals surface area (Å²) < 4.78 is 32.5. The molecule has 1 heterocycles. The molecule has 0 aliphatic heterocycles. The smallest absolute Gasteiger partial charge is 0.241 e. The van der Waals surface area contributed by atoms with Crippen LogP contribution >= 0.6 is 11.3 Å². The highest BCUT2D eigenvalue weighted by atomic mass is 32.2. The van der Waals surface area contributed by atoms with E-state index in [9.17, 15) is 8.42 Å². The van der Waals surface area contributed by atoms with Crippen LogP contribution in [0.2, 0.25) is 0 Å². The Bertz CT molecular complexity index is 565. The summed E-state index contributed by atoms with van der Waals surface area (Å²) in [6.07, 6.45) is 3.12. The van der Waals surface area contributed by atoms with Gasteiger partial charge in [-0.2, -0.15) is 0 Å². The van der Waals surface area contributed by atoms with E-state index in [0.29, 0.717) is 24.0 Å². The molecule has 1 aliphatic carbocycles. The Morgan fingerprint density at radius 1 is 1.48 bits per heavy atom. The molecule has 2 rings (SSSR count). The van der Waals surface area contributed by atoms with Gasteiger partial charge in [0.15, 0.2) is 0 Å². The summed E-state index contributed by atoms with van der Waals surface area (Å²) in [5, 5.41) is 3.41. The molecule has 0 radical (unpaired) electrons. The number of nitrogens with one attached hydrogen (secondary N) is 2. The minimum Gasteiger partial charge on any atom is -0.385 e. The molecule has 1 atom stereocenters. The predicted octanol–water partition coefficient (Wildman–Crippen LogP) is 2.01. The normalized spacial score (nSPS) is 17.1. The molecule has 21 heavy (non-hydrogen) atoms. The highest BCUT2D eigenvalue weighted by Crippen LogP contribution is 2.27. The molecule has 5 nitrogen and oxygen atoms in total. The lowest BCUT2D eigenvalue weighted by Crippen LogP contribution is -2.33. The molecule has 1 unspecified atom stereocenters. The molecule has 1 aromatic rings. The third kappa shape index (κ3) is 5.03. The third-order valence-electron chi connectivity index (χ3n) is 3.47. The molecule has 7 heteroatoms. The van der Waals surface area contributed by atoms with E-state index in [1.807, 2.05) is 13.8 Å². The van der Waals surface area contributed by atoms with Crippen LogP contribution in [0, 0.1) is 6.92 Å². The van der Waals surface area contributed by atoms with Crippen molar-refractivity contribution in [2.75, 3.05) is 13.7 Å². The number of rotatable bonds is 9.